The van der Waals surface area contributed by atoms with Crippen LogP contribution in [0.2, 0.25) is 10.0 Å². The fourth-order valence-corrected chi connectivity index (χ4v) is 1.70. The number of halogens is 2. The van der Waals surface area contributed by atoms with Gasteiger partial charge < -0.3 is 10.6 Å². The highest BCUT2D eigenvalue weighted by Gasteiger charge is 2.02. The molecule has 16 heavy (non-hydrogen) atoms. The fourth-order valence-electron chi connectivity index (χ4n) is 1.23. The molecule has 0 unspecified atom stereocenters. The summed E-state index contributed by atoms with van der Waals surface area (Å²) in [6.07, 6.45) is 0.423. The van der Waals surface area contributed by atoms with Gasteiger partial charge in [-0.25, -0.2) is 0 Å². The molecule has 1 aromatic carbocycles. The number of anilines is 1. The lowest BCUT2D eigenvalue weighted by atomic mass is 10.3. The molecule has 0 aliphatic carbocycles. The third-order valence-electron chi connectivity index (χ3n) is 1.97. The molecule has 0 atom stereocenters. The molecule has 3 nitrogen and oxygen atoms in total. The molecule has 0 radical (unpaired) electrons. The predicted molar refractivity (Wildman–Crippen MR) is 68.3 cm³/mol. The summed E-state index contributed by atoms with van der Waals surface area (Å²) in [5.41, 5.74) is 0.787. The Hall–Kier alpha value is -0.930. The minimum Gasteiger partial charge on any atom is -0.383 e. The van der Waals surface area contributed by atoms with E-state index in [0.29, 0.717) is 29.6 Å². The van der Waals surface area contributed by atoms with Crippen molar-refractivity contribution >= 4 is 34.8 Å². The van der Waals surface area contributed by atoms with Gasteiger partial charge in [0.05, 0.1) is 10.7 Å². The van der Waals surface area contributed by atoms with Crippen molar-refractivity contribution in [3.63, 3.8) is 0 Å². The zero-order valence-electron chi connectivity index (χ0n) is 9.02. The molecule has 0 saturated carbocycles. The highest BCUT2D eigenvalue weighted by atomic mass is 35.5. The van der Waals surface area contributed by atoms with Crippen LogP contribution in [-0.2, 0) is 4.79 Å². The molecule has 0 aliphatic heterocycles. The molecular formula is C11H14Cl2N2O. The minimum absolute atomic E-state index is 0.0279. The van der Waals surface area contributed by atoms with E-state index >= 15 is 0 Å². The van der Waals surface area contributed by atoms with Crippen molar-refractivity contribution in [1.82, 2.24) is 5.32 Å². The van der Waals surface area contributed by atoms with Gasteiger partial charge in [-0.3, -0.25) is 4.79 Å². The average Bonchev–Trinajstić information content (AvgIpc) is 2.22. The molecule has 0 spiro atoms. The zero-order valence-corrected chi connectivity index (χ0v) is 10.5. The Kier molecular flexibility index (Phi) is 5.43. The lowest BCUT2D eigenvalue weighted by molar-refractivity contribution is -0.120. The first kappa shape index (κ1) is 13.1. The summed E-state index contributed by atoms with van der Waals surface area (Å²) in [5.74, 6) is 0.0279. The monoisotopic (exact) mass is 260 g/mol. The summed E-state index contributed by atoms with van der Waals surface area (Å²) in [7, 11) is 0. The van der Waals surface area contributed by atoms with Crippen LogP contribution >= 0.6 is 23.2 Å². The second-order valence-electron chi connectivity index (χ2n) is 3.25. The Bertz CT molecular complexity index is 369. The molecule has 0 fully saturated rings. The van der Waals surface area contributed by atoms with Gasteiger partial charge in [0.1, 0.15) is 0 Å². The molecule has 0 saturated heterocycles. The van der Waals surface area contributed by atoms with Crippen LogP contribution in [0.1, 0.15) is 13.3 Å². The van der Waals surface area contributed by atoms with Crippen molar-refractivity contribution in [3.05, 3.63) is 28.2 Å². The number of benzene rings is 1. The zero-order chi connectivity index (χ0) is 12.0. The van der Waals surface area contributed by atoms with E-state index in [1.54, 1.807) is 18.2 Å². The summed E-state index contributed by atoms with van der Waals surface area (Å²) in [5, 5.41) is 6.96. The summed E-state index contributed by atoms with van der Waals surface area (Å²) < 4.78 is 0. The number of rotatable bonds is 5. The van der Waals surface area contributed by atoms with Gasteiger partial charge in [0.25, 0.3) is 0 Å². The normalized spacial score (nSPS) is 9.94. The first-order valence-electron chi connectivity index (χ1n) is 5.09. The number of amides is 1. The van der Waals surface area contributed by atoms with Gasteiger partial charge in [0, 0.05) is 24.5 Å². The largest absolute Gasteiger partial charge is 0.383 e. The molecule has 2 N–H and O–H groups in total. The number of hydrogen-bond acceptors (Lipinski definition) is 2. The third-order valence-corrected chi connectivity index (χ3v) is 2.52. The van der Waals surface area contributed by atoms with Gasteiger partial charge >= 0.3 is 0 Å². The van der Waals surface area contributed by atoms with Crippen LogP contribution < -0.4 is 10.6 Å². The number of carbonyl (C=O) groups excluding carboxylic acids is 1. The Labute approximate surface area is 105 Å². The molecular weight excluding hydrogens is 247 g/mol. The minimum atomic E-state index is 0.0279. The highest BCUT2D eigenvalue weighted by Crippen LogP contribution is 2.25. The van der Waals surface area contributed by atoms with Crippen molar-refractivity contribution in [1.29, 1.82) is 0 Å². The van der Waals surface area contributed by atoms with E-state index in [1.807, 2.05) is 6.92 Å². The molecule has 0 aliphatic rings. The van der Waals surface area contributed by atoms with E-state index in [2.05, 4.69) is 10.6 Å². The van der Waals surface area contributed by atoms with E-state index in [4.69, 9.17) is 23.2 Å². The second kappa shape index (κ2) is 6.61. The van der Waals surface area contributed by atoms with Crippen molar-refractivity contribution in [2.75, 3.05) is 18.4 Å². The van der Waals surface area contributed by atoms with Gasteiger partial charge in [-0.05, 0) is 25.1 Å². The van der Waals surface area contributed by atoms with E-state index in [0.717, 1.165) is 5.69 Å². The van der Waals surface area contributed by atoms with Gasteiger partial charge in [-0.2, -0.15) is 0 Å². The molecule has 1 rings (SSSR count). The third kappa shape index (κ3) is 4.29. The molecule has 0 aromatic heterocycles. The van der Waals surface area contributed by atoms with E-state index < -0.39 is 0 Å². The predicted octanol–water partition coefficient (Wildman–Crippen LogP) is 2.93. The maximum atomic E-state index is 11.2. The average molecular weight is 261 g/mol. The maximum absolute atomic E-state index is 11.2. The molecule has 1 aromatic rings. The smallest absolute Gasteiger partial charge is 0.221 e. The van der Waals surface area contributed by atoms with Gasteiger partial charge in [-0.1, -0.05) is 23.2 Å². The first-order chi connectivity index (χ1) is 7.63. The van der Waals surface area contributed by atoms with Gasteiger partial charge in [0.2, 0.25) is 5.91 Å². The lowest BCUT2D eigenvalue weighted by Gasteiger charge is -2.08. The summed E-state index contributed by atoms with van der Waals surface area (Å²) in [6.45, 7) is 3.09. The second-order valence-corrected chi connectivity index (χ2v) is 4.10. The van der Waals surface area contributed by atoms with Crippen LogP contribution in [0.5, 0.6) is 0 Å². The van der Waals surface area contributed by atoms with Gasteiger partial charge in [-0.15, -0.1) is 0 Å². The van der Waals surface area contributed by atoms with Crippen LogP contribution in [0.15, 0.2) is 18.2 Å². The Balaban J connectivity index is 2.40. The van der Waals surface area contributed by atoms with E-state index in [-0.39, 0.29) is 5.91 Å². The molecule has 1 amide bonds. The van der Waals surface area contributed by atoms with E-state index in [1.165, 1.54) is 0 Å². The molecule has 0 heterocycles. The van der Waals surface area contributed by atoms with Crippen molar-refractivity contribution in [2.24, 2.45) is 0 Å². The standard InChI is InChI=1S/C11H14Cl2N2O/c1-2-14-11(16)5-6-15-10-4-3-8(12)7-9(10)13/h3-4,7,15H,2,5-6H2,1H3,(H,14,16). The Morgan fingerprint density at radius 2 is 2.12 bits per heavy atom. The highest BCUT2D eigenvalue weighted by molar-refractivity contribution is 6.36. The van der Waals surface area contributed by atoms with Crippen LogP contribution in [0, 0.1) is 0 Å². The van der Waals surface area contributed by atoms with Crippen molar-refractivity contribution in [2.45, 2.75) is 13.3 Å². The van der Waals surface area contributed by atoms with Crippen LogP contribution in [-0.4, -0.2) is 19.0 Å². The number of hydrogen-bond donors (Lipinski definition) is 2. The molecule has 5 heteroatoms. The summed E-state index contributed by atoms with van der Waals surface area (Å²) in [6, 6.07) is 5.21. The van der Waals surface area contributed by atoms with Crippen LogP contribution in [0.25, 0.3) is 0 Å². The summed E-state index contributed by atoms with van der Waals surface area (Å²) >= 11 is 11.7. The molecule has 88 valence electrons. The van der Waals surface area contributed by atoms with Gasteiger partial charge in [0.15, 0.2) is 0 Å². The Morgan fingerprint density at radius 1 is 1.38 bits per heavy atom. The van der Waals surface area contributed by atoms with Crippen molar-refractivity contribution in [3.8, 4) is 0 Å². The van der Waals surface area contributed by atoms with Crippen molar-refractivity contribution < 1.29 is 4.79 Å². The first-order valence-corrected chi connectivity index (χ1v) is 5.84. The van der Waals surface area contributed by atoms with E-state index in [9.17, 15) is 4.79 Å². The topological polar surface area (TPSA) is 41.1 Å². The SMILES string of the molecule is CCNC(=O)CCNc1ccc(Cl)cc1Cl. The molecule has 0 bridgehead atoms. The number of carbonyl (C=O) groups is 1. The fraction of sp³-hybridized carbons (Fsp3) is 0.364. The van der Waals surface area contributed by atoms with Crippen LogP contribution in [0.3, 0.4) is 0 Å². The van der Waals surface area contributed by atoms with Crippen LogP contribution in [0.4, 0.5) is 5.69 Å². The maximum Gasteiger partial charge on any atom is 0.221 e. The summed E-state index contributed by atoms with van der Waals surface area (Å²) in [4.78, 5) is 11.2. The number of nitrogens with one attached hydrogen (secondary N) is 2. The lowest BCUT2D eigenvalue weighted by Crippen LogP contribution is -2.24. The quantitative estimate of drug-likeness (QED) is 0.855. The Morgan fingerprint density at radius 3 is 2.75 bits per heavy atom.